The number of ether oxygens (including phenoxy) is 1. The molecule has 2 aliphatic heterocycles. The first-order valence-electron chi connectivity index (χ1n) is 8.48. The molecule has 1 aromatic heterocycles. The van der Waals surface area contributed by atoms with Crippen molar-refractivity contribution < 1.29 is 18.7 Å². The summed E-state index contributed by atoms with van der Waals surface area (Å²) < 4.78 is 11.0. The van der Waals surface area contributed by atoms with Crippen molar-refractivity contribution >= 4 is 23.2 Å². The maximum Gasteiger partial charge on any atom is 0.407 e. The third-order valence-corrected chi connectivity index (χ3v) is 4.78. The minimum atomic E-state index is -0.466. The van der Waals surface area contributed by atoms with Crippen molar-refractivity contribution in [3.8, 4) is 0 Å². The van der Waals surface area contributed by atoms with Gasteiger partial charge in [-0.1, -0.05) is 12.1 Å². The Bertz CT molecular complexity index is 772. The number of para-hydroxylation sites is 2. The van der Waals surface area contributed by atoms with Gasteiger partial charge in [-0.25, -0.2) is 14.6 Å². The molecule has 3 heterocycles. The molecule has 2 fully saturated rings. The average Bonchev–Trinajstić information content (AvgIpc) is 3.12. The lowest BCUT2D eigenvalue weighted by Gasteiger charge is -2.25. The number of amides is 3. The van der Waals surface area contributed by atoms with Crippen molar-refractivity contribution in [2.75, 3.05) is 19.6 Å². The van der Waals surface area contributed by atoms with Gasteiger partial charge in [-0.15, -0.1) is 0 Å². The number of oxazole rings is 1. The molecule has 0 aliphatic carbocycles. The number of hydrogen-bond donors (Lipinski definition) is 2. The van der Waals surface area contributed by atoms with Crippen LogP contribution in [0.1, 0.15) is 25.2 Å². The number of nitrogens with one attached hydrogen (secondary N) is 2. The molecule has 8 heteroatoms. The van der Waals surface area contributed by atoms with Crippen LogP contribution in [0.5, 0.6) is 0 Å². The molecule has 4 rings (SSSR count). The number of likely N-dealkylation sites (tertiary alicyclic amines) is 1. The minimum Gasteiger partial charge on any atom is -0.441 e. The highest BCUT2D eigenvalue weighted by atomic mass is 16.6. The van der Waals surface area contributed by atoms with Crippen LogP contribution in [0.2, 0.25) is 0 Å². The Morgan fingerprint density at radius 2 is 2.20 bits per heavy atom. The van der Waals surface area contributed by atoms with Crippen LogP contribution in [0, 0.1) is 0 Å². The van der Waals surface area contributed by atoms with E-state index >= 15 is 0 Å². The van der Waals surface area contributed by atoms with Gasteiger partial charge in [0.15, 0.2) is 5.58 Å². The predicted octanol–water partition coefficient (Wildman–Crippen LogP) is 2.00. The van der Waals surface area contributed by atoms with Gasteiger partial charge in [-0.05, 0) is 25.0 Å². The number of aromatic nitrogens is 1. The molecule has 0 unspecified atom stereocenters. The standard InChI is InChI=1S/C17H20N4O4/c22-15(18-10-14-20-12-4-1-2-5-13(12)24-14)21-8-3-6-17(7-9-21)11-19-16(23)25-17/h1-2,4-5H,3,6-11H2,(H,18,22)(H,19,23)/t17-/m1/s1. The maximum atomic E-state index is 12.4. The Morgan fingerprint density at radius 3 is 3.00 bits per heavy atom. The van der Waals surface area contributed by atoms with E-state index in [1.54, 1.807) is 4.90 Å². The van der Waals surface area contributed by atoms with E-state index in [0.29, 0.717) is 37.5 Å². The summed E-state index contributed by atoms with van der Waals surface area (Å²) in [6.45, 7) is 1.95. The molecule has 1 atom stereocenters. The smallest absolute Gasteiger partial charge is 0.407 e. The van der Waals surface area contributed by atoms with Gasteiger partial charge < -0.3 is 24.7 Å². The summed E-state index contributed by atoms with van der Waals surface area (Å²) in [5.74, 6) is 0.481. The van der Waals surface area contributed by atoms with Crippen LogP contribution in [-0.2, 0) is 11.3 Å². The lowest BCUT2D eigenvalue weighted by molar-refractivity contribution is 0.0453. The quantitative estimate of drug-likeness (QED) is 0.868. The maximum absolute atomic E-state index is 12.4. The van der Waals surface area contributed by atoms with E-state index in [4.69, 9.17) is 9.15 Å². The normalized spacial score (nSPS) is 23.4. The van der Waals surface area contributed by atoms with Crippen molar-refractivity contribution in [1.29, 1.82) is 0 Å². The molecule has 0 bridgehead atoms. The Morgan fingerprint density at radius 1 is 1.32 bits per heavy atom. The number of nitrogens with zero attached hydrogens (tertiary/aromatic N) is 2. The first-order chi connectivity index (χ1) is 12.1. The van der Waals surface area contributed by atoms with Crippen molar-refractivity contribution in [3.63, 3.8) is 0 Å². The van der Waals surface area contributed by atoms with E-state index in [0.717, 1.165) is 18.4 Å². The van der Waals surface area contributed by atoms with Gasteiger partial charge in [0.1, 0.15) is 11.1 Å². The number of hydrogen-bond acceptors (Lipinski definition) is 5. The van der Waals surface area contributed by atoms with E-state index in [-0.39, 0.29) is 18.7 Å². The molecular formula is C17H20N4O4. The van der Waals surface area contributed by atoms with Gasteiger partial charge >= 0.3 is 12.1 Å². The number of carbonyl (C=O) groups is 2. The summed E-state index contributed by atoms with van der Waals surface area (Å²) in [6, 6.07) is 7.34. The molecule has 2 N–H and O–H groups in total. The Balaban J connectivity index is 1.34. The third kappa shape index (κ3) is 3.24. The fourth-order valence-corrected chi connectivity index (χ4v) is 3.41. The highest BCUT2D eigenvalue weighted by Gasteiger charge is 2.41. The molecule has 0 radical (unpaired) electrons. The monoisotopic (exact) mass is 344 g/mol. The summed E-state index contributed by atoms with van der Waals surface area (Å²) in [5, 5.41) is 5.56. The fourth-order valence-electron chi connectivity index (χ4n) is 3.41. The zero-order valence-electron chi connectivity index (χ0n) is 13.8. The van der Waals surface area contributed by atoms with Gasteiger partial charge in [0.25, 0.3) is 0 Å². The van der Waals surface area contributed by atoms with Gasteiger partial charge in [0.05, 0.1) is 13.1 Å². The zero-order valence-corrected chi connectivity index (χ0v) is 13.8. The molecule has 0 saturated carbocycles. The predicted molar refractivity (Wildman–Crippen MR) is 88.9 cm³/mol. The van der Waals surface area contributed by atoms with Gasteiger partial charge in [-0.2, -0.15) is 0 Å². The number of alkyl carbamates (subject to hydrolysis) is 1. The topological polar surface area (TPSA) is 96.7 Å². The number of benzene rings is 1. The fraction of sp³-hybridized carbons (Fsp3) is 0.471. The summed E-state index contributed by atoms with van der Waals surface area (Å²) >= 11 is 0. The third-order valence-electron chi connectivity index (χ3n) is 4.78. The summed E-state index contributed by atoms with van der Waals surface area (Å²) in [5.41, 5.74) is 1.02. The molecule has 8 nitrogen and oxygen atoms in total. The van der Waals surface area contributed by atoms with Gasteiger partial charge in [0, 0.05) is 19.5 Å². The summed E-state index contributed by atoms with van der Waals surface area (Å²) in [7, 11) is 0. The molecule has 2 aliphatic rings. The minimum absolute atomic E-state index is 0.156. The van der Waals surface area contributed by atoms with E-state index in [9.17, 15) is 9.59 Å². The van der Waals surface area contributed by atoms with Crippen molar-refractivity contribution in [2.24, 2.45) is 0 Å². The van der Waals surface area contributed by atoms with Crippen LogP contribution < -0.4 is 10.6 Å². The van der Waals surface area contributed by atoms with Crippen molar-refractivity contribution in [2.45, 2.75) is 31.4 Å². The number of carbonyl (C=O) groups excluding carboxylic acids is 2. The van der Waals surface area contributed by atoms with E-state index < -0.39 is 5.60 Å². The second-order valence-corrected chi connectivity index (χ2v) is 6.50. The molecular weight excluding hydrogens is 324 g/mol. The SMILES string of the molecule is O=C1NC[C@]2(CCCN(C(=O)NCc3nc4ccccc4o3)CC2)O1. The molecule has 2 aromatic rings. The van der Waals surface area contributed by atoms with Crippen LogP contribution in [-0.4, -0.2) is 47.2 Å². The van der Waals surface area contributed by atoms with E-state index in [1.807, 2.05) is 24.3 Å². The first-order valence-corrected chi connectivity index (χ1v) is 8.48. The number of fused-ring (bicyclic) bond motifs is 1. The highest BCUT2D eigenvalue weighted by molar-refractivity contribution is 5.75. The molecule has 1 aromatic carbocycles. The second-order valence-electron chi connectivity index (χ2n) is 6.50. The number of urea groups is 1. The van der Waals surface area contributed by atoms with Gasteiger partial charge in [-0.3, -0.25) is 0 Å². The van der Waals surface area contributed by atoms with Crippen LogP contribution in [0.4, 0.5) is 9.59 Å². The van der Waals surface area contributed by atoms with Crippen LogP contribution in [0.25, 0.3) is 11.1 Å². The molecule has 3 amide bonds. The molecule has 25 heavy (non-hydrogen) atoms. The largest absolute Gasteiger partial charge is 0.441 e. The summed E-state index contributed by atoms with van der Waals surface area (Å²) in [6.07, 6.45) is 1.84. The van der Waals surface area contributed by atoms with Gasteiger partial charge in [0.2, 0.25) is 5.89 Å². The number of rotatable bonds is 2. The lowest BCUT2D eigenvalue weighted by Crippen LogP contribution is -2.41. The highest BCUT2D eigenvalue weighted by Crippen LogP contribution is 2.29. The second kappa shape index (κ2) is 6.27. The Hall–Kier alpha value is -2.77. The van der Waals surface area contributed by atoms with E-state index in [1.165, 1.54) is 0 Å². The molecule has 1 spiro atoms. The molecule has 132 valence electrons. The van der Waals surface area contributed by atoms with Crippen molar-refractivity contribution in [3.05, 3.63) is 30.2 Å². The van der Waals surface area contributed by atoms with Crippen LogP contribution >= 0.6 is 0 Å². The van der Waals surface area contributed by atoms with Crippen LogP contribution in [0.3, 0.4) is 0 Å². The summed E-state index contributed by atoms with van der Waals surface area (Å²) in [4.78, 5) is 29.9. The lowest BCUT2D eigenvalue weighted by atomic mass is 9.95. The Labute approximate surface area is 144 Å². The Kier molecular flexibility index (Phi) is 3.95. The van der Waals surface area contributed by atoms with Crippen molar-refractivity contribution in [1.82, 2.24) is 20.5 Å². The van der Waals surface area contributed by atoms with Crippen LogP contribution in [0.15, 0.2) is 28.7 Å². The molecule has 2 saturated heterocycles. The first kappa shape index (κ1) is 15.7. The average molecular weight is 344 g/mol. The zero-order chi connectivity index (χ0) is 17.3. The van der Waals surface area contributed by atoms with E-state index in [2.05, 4.69) is 15.6 Å².